The molecule has 0 aliphatic carbocycles. The molecule has 0 saturated heterocycles. The van der Waals surface area contributed by atoms with E-state index in [1.165, 1.54) is 19.2 Å². The van der Waals surface area contributed by atoms with E-state index in [-0.39, 0.29) is 40.1 Å². The number of benzene rings is 2. The van der Waals surface area contributed by atoms with E-state index in [1.807, 2.05) is 13.8 Å². The number of hydrogen-bond acceptors (Lipinski definition) is 7. The zero-order valence-electron chi connectivity index (χ0n) is 16.3. The molecule has 0 unspecified atom stereocenters. The first-order valence-electron chi connectivity index (χ1n) is 8.71. The molecule has 8 nitrogen and oxygen atoms in total. The van der Waals surface area contributed by atoms with Crippen molar-refractivity contribution in [1.82, 2.24) is 0 Å². The van der Waals surface area contributed by atoms with Gasteiger partial charge in [0.2, 0.25) is 15.8 Å². The molecule has 0 fully saturated rings. The third-order valence-electron chi connectivity index (χ3n) is 3.95. The van der Waals surface area contributed by atoms with Crippen LogP contribution in [0.2, 0.25) is 0 Å². The maximum atomic E-state index is 12.7. The molecule has 154 valence electrons. The molecule has 2 N–H and O–H groups in total. The number of anilines is 1. The Labute approximate surface area is 167 Å². The summed E-state index contributed by atoms with van der Waals surface area (Å²) in [5.74, 6) is 0.400. The third-order valence-corrected chi connectivity index (χ3v) is 4.55. The highest BCUT2D eigenvalue weighted by Crippen LogP contribution is 2.41. The van der Waals surface area contributed by atoms with Crippen LogP contribution in [0.5, 0.6) is 17.2 Å². The molecule has 0 amide bonds. The maximum Gasteiger partial charge on any atom is 0.229 e. The quantitative estimate of drug-likeness (QED) is 0.630. The predicted octanol–water partition coefficient (Wildman–Crippen LogP) is 3.33. The Morgan fingerprint density at radius 2 is 1.79 bits per heavy atom. The fourth-order valence-corrected chi connectivity index (χ4v) is 3.39. The van der Waals surface area contributed by atoms with Crippen LogP contribution in [0.4, 0.5) is 5.69 Å². The van der Waals surface area contributed by atoms with Gasteiger partial charge in [0.25, 0.3) is 0 Å². The average molecular weight is 419 g/mol. The second kappa shape index (κ2) is 7.67. The standard InChI is InChI=1S/C20H21NO7S/c1-11(2)27-19-17(26-3)10-15(23)18-14(22)9-16(28-20(18)19)12-5-7-13(8-6-12)21-29(4,24)25/h5-11,21,23H,1-4H3. The van der Waals surface area contributed by atoms with Crippen molar-refractivity contribution in [1.29, 1.82) is 0 Å². The highest BCUT2D eigenvalue weighted by atomic mass is 32.2. The van der Waals surface area contributed by atoms with Gasteiger partial charge < -0.3 is 19.0 Å². The maximum absolute atomic E-state index is 12.7. The number of nitrogens with one attached hydrogen (secondary N) is 1. The summed E-state index contributed by atoms with van der Waals surface area (Å²) in [6, 6.07) is 8.89. The summed E-state index contributed by atoms with van der Waals surface area (Å²) in [5, 5.41) is 10.3. The van der Waals surface area contributed by atoms with Gasteiger partial charge >= 0.3 is 0 Å². The minimum Gasteiger partial charge on any atom is -0.507 e. The van der Waals surface area contributed by atoms with Crippen LogP contribution in [0, 0.1) is 0 Å². The molecule has 0 spiro atoms. The van der Waals surface area contributed by atoms with Crippen molar-refractivity contribution in [2.24, 2.45) is 0 Å². The Morgan fingerprint density at radius 3 is 2.34 bits per heavy atom. The Balaban J connectivity index is 2.18. The van der Waals surface area contributed by atoms with Gasteiger partial charge in [-0.2, -0.15) is 0 Å². The van der Waals surface area contributed by atoms with E-state index < -0.39 is 15.5 Å². The Bertz CT molecular complexity index is 1210. The van der Waals surface area contributed by atoms with Gasteiger partial charge in [-0.3, -0.25) is 9.52 Å². The van der Waals surface area contributed by atoms with Crippen molar-refractivity contribution in [3.05, 3.63) is 46.6 Å². The van der Waals surface area contributed by atoms with Gasteiger partial charge in [-0.25, -0.2) is 8.42 Å². The van der Waals surface area contributed by atoms with E-state index in [2.05, 4.69) is 4.72 Å². The number of methoxy groups -OCH3 is 1. The molecule has 3 aromatic rings. The van der Waals surface area contributed by atoms with E-state index >= 15 is 0 Å². The number of hydrogen-bond donors (Lipinski definition) is 2. The lowest BCUT2D eigenvalue weighted by Gasteiger charge is -2.16. The van der Waals surface area contributed by atoms with Gasteiger partial charge in [-0.05, 0) is 38.1 Å². The SMILES string of the molecule is COc1cc(O)c2c(=O)cc(-c3ccc(NS(C)(=O)=O)cc3)oc2c1OC(C)C. The van der Waals surface area contributed by atoms with Crippen LogP contribution in [0.1, 0.15) is 13.8 Å². The summed E-state index contributed by atoms with van der Waals surface area (Å²) in [5.41, 5.74) is 0.535. The van der Waals surface area contributed by atoms with Crippen LogP contribution >= 0.6 is 0 Å². The zero-order valence-corrected chi connectivity index (χ0v) is 17.2. The second-order valence-corrected chi connectivity index (χ2v) is 8.47. The van der Waals surface area contributed by atoms with Crippen LogP contribution in [-0.2, 0) is 10.0 Å². The largest absolute Gasteiger partial charge is 0.507 e. The number of fused-ring (bicyclic) bond motifs is 1. The summed E-state index contributed by atoms with van der Waals surface area (Å²) in [7, 11) is -1.98. The highest BCUT2D eigenvalue weighted by Gasteiger charge is 2.21. The normalized spacial score (nSPS) is 11.6. The minimum absolute atomic E-state index is 0.0134. The number of aromatic hydroxyl groups is 1. The monoisotopic (exact) mass is 419 g/mol. The van der Waals surface area contributed by atoms with Gasteiger partial charge in [0.15, 0.2) is 16.8 Å². The van der Waals surface area contributed by atoms with Crippen molar-refractivity contribution in [3.63, 3.8) is 0 Å². The number of phenols is 1. The molecule has 0 aliphatic heterocycles. The van der Waals surface area contributed by atoms with Gasteiger partial charge in [-0.15, -0.1) is 0 Å². The first kappa shape index (κ1) is 20.5. The lowest BCUT2D eigenvalue weighted by molar-refractivity contribution is 0.229. The Kier molecular flexibility index (Phi) is 5.43. The van der Waals surface area contributed by atoms with Gasteiger partial charge in [0.05, 0.1) is 19.5 Å². The highest BCUT2D eigenvalue weighted by molar-refractivity contribution is 7.92. The average Bonchev–Trinajstić information content (AvgIpc) is 2.62. The molecule has 0 aliphatic rings. The van der Waals surface area contributed by atoms with E-state index in [9.17, 15) is 18.3 Å². The molecule has 2 aromatic carbocycles. The van der Waals surface area contributed by atoms with E-state index in [4.69, 9.17) is 13.9 Å². The number of phenolic OH excluding ortho intramolecular Hbond substituents is 1. The van der Waals surface area contributed by atoms with E-state index in [0.29, 0.717) is 11.3 Å². The number of rotatable bonds is 6. The van der Waals surface area contributed by atoms with Crippen LogP contribution in [-0.4, -0.2) is 33.0 Å². The fourth-order valence-electron chi connectivity index (χ4n) is 2.83. The molecular weight excluding hydrogens is 398 g/mol. The third kappa shape index (κ3) is 4.45. The molecule has 29 heavy (non-hydrogen) atoms. The van der Waals surface area contributed by atoms with Crippen LogP contribution in [0.3, 0.4) is 0 Å². The predicted molar refractivity (Wildman–Crippen MR) is 110 cm³/mol. The van der Waals surface area contributed by atoms with Gasteiger partial charge in [0.1, 0.15) is 16.9 Å². The Hall–Kier alpha value is -3.20. The van der Waals surface area contributed by atoms with Gasteiger partial charge in [0, 0.05) is 23.4 Å². The molecule has 3 rings (SSSR count). The Morgan fingerprint density at radius 1 is 1.14 bits per heavy atom. The first-order valence-corrected chi connectivity index (χ1v) is 10.6. The smallest absolute Gasteiger partial charge is 0.229 e. The van der Waals surface area contributed by atoms with Crippen molar-refractivity contribution in [3.8, 4) is 28.6 Å². The first-order chi connectivity index (χ1) is 13.6. The van der Waals surface area contributed by atoms with Crippen LogP contribution in [0.25, 0.3) is 22.3 Å². The van der Waals surface area contributed by atoms with Crippen molar-refractivity contribution in [2.75, 3.05) is 18.1 Å². The molecule has 1 heterocycles. The molecule has 0 saturated carbocycles. The van der Waals surface area contributed by atoms with Crippen molar-refractivity contribution in [2.45, 2.75) is 20.0 Å². The molecule has 0 radical (unpaired) electrons. The molecular formula is C20H21NO7S. The lowest BCUT2D eigenvalue weighted by Crippen LogP contribution is -2.09. The second-order valence-electron chi connectivity index (χ2n) is 6.72. The van der Waals surface area contributed by atoms with E-state index in [0.717, 1.165) is 6.26 Å². The van der Waals surface area contributed by atoms with Crippen LogP contribution < -0.4 is 19.6 Å². The summed E-state index contributed by atoms with van der Waals surface area (Å²) in [6.07, 6.45) is 0.825. The fraction of sp³-hybridized carbons (Fsp3) is 0.250. The van der Waals surface area contributed by atoms with Gasteiger partial charge in [-0.1, -0.05) is 0 Å². The van der Waals surface area contributed by atoms with Crippen molar-refractivity contribution < 1.29 is 27.4 Å². The summed E-state index contributed by atoms with van der Waals surface area (Å²) in [6.45, 7) is 3.63. The molecule has 9 heteroatoms. The zero-order chi connectivity index (χ0) is 21.3. The van der Waals surface area contributed by atoms with Crippen molar-refractivity contribution >= 4 is 26.7 Å². The summed E-state index contributed by atoms with van der Waals surface area (Å²) < 4.78 is 42.0. The molecule has 0 atom stereocenters. The van der Waals surface area contributed by atoms with Crippen LogP contribution in [0.15, 0.2) is 45.6 Å². The molecule has 0 bridgehead atoms. The minimum atomic E-state index is -3.40. The summed E-state index contributed by atoms with van der Waals surface area (Å²) >= 11 is 0. The number of ether oxygens (including phenoxy) is 2. The van der Waals surface area contributed by atoms with E-state index in [1.54, 1.807) is 24.3 Å². The topological polar surface area (TPSA) is 115 Å². The lowest BCUT2D eigenvalue weighted by atomic mass is 10.1. The summed E-state index contributed by atoms with van der Waals surface area (Å²) in [4.78, 5) is 12.7. The number of sulfonamides is 1. The molecule has 1 aromatic heterocycles.